The van der Waals surface area contributed by atoms with Crippen LogP contribution in [0.3, 0.4) is 0 Å². The average Bonchev–Trinajstić information content (AvgIpc) is 2.87. The van der Waals surface area contributed by atoms with Gasteiger partial charge in [0.1, 0.15) is 0 Å². The number of aromatic nitrogens is 1. The maximum absolute atomic E-state index is 12.6. The Morgan fingerprint density at radius 1 is 1.08 bits per heavy atom. The lowest BCUT2D eigenvalue weighted by Crippen LogP contribution is -2.49. The van der Waals surface area contributed by atoms with Gasteiger partial charge >= 0.3 is 6.03 Å². The molecule has 1 aliphatic heterocycles. The summed E-state index contributed by atoms with van der Waals surface area (Å²) in [4.78, 5) is 36.8. The van der Waals surface area contributed by atoms with Gasteiger partial charge in [0.05, 0.1) is 6.54 Å². The molecule has 0 aliphatic carbocycles. The van der Waals surface area contributed by atoms with E-state index < -0.39 is 17.5 Å². The van der Waals surface area contributed by atoms with Crippen molar-refractivity contribution in [2.24, 2.45) is 0 Å². The first kappa shape index (κ1) is 17.0. The van der Waals surface area contributed by atoms with Gasteiger partial charge in [0, 0.05) is 11.8 Å². The fourth-order valence-electron chi connectivity index (χ4n) is 3.18. The lowest BCUT2D eigenvalue weighted by atomic mass is 9.88. The first-order valence-electron chi connectivity index (χ1n) is 8.35. The molecule has 1 aromatic carbocycles. The van der Waals surface area contributed by atoms with Gasteiger partial charge in [-0.25, -0.2) is 4.79 Å². The zero-order valence-electron chi connectivity index (χ0n) is 14.3. The number of nitrogens with zero attached hydrogens (tertiary/aromatic N) is 1. The van der Waals surface area contributed by atoms with E-state index in [1.165, 1.54) is 10.1 Å². The molecule has 3 amide bonds. The fraction of sp³-hybridized carbons (Fsp3) is 0.316. The van der Waals surface area contributed by atoms with Crippen molar-refractivity contribution in [1.29, 1.82) is 0 Å². The number of amides is 3. The second kappa shape index (κ2) is 6.55. The van der Waals surface area contributed by atoms with Crippen LogP contribution in [0.1, 0.15) is 30.0 Å². The smallest absolute Gasteiger partial charge is 0.318 e. The number of pyridine rings is 1. The summed E-state index contributed by atoms with van der Waals surface area (Å²) in [7, 11) is 0. The molecular weight excluding hydrogens is 318 g/mol. The van der Waals surface area contributed by atoms with Gasteiger partial charge in [-0.15, -0.1) is 0 Å². The third kappa shape index (κ3) is 3.07. The molecule has 1 atom stereocenters. The number of urea groups is 1. The number of rotatable bonds is 5. The molecule has 6 heteroatoms. The zero-order valence-corrected chi connectivity index (χ0v) is 14.3. The Balaban J connectivity index is 2.05. The molecule has 1 aliphatic rings. The number of hydrogen-bond acceptors (Lipinski definition) is 3. The summed E-state index contributed by atoms with van der Waals surface area (Å²) in [6.45, 7) is 3.86. The highest BCUT2D eigenvalue weighted by Gasteiger charge is 2.48. The highest BCUT2D eigenvalue weighted by Crippen LogP contribution is 2.27. The fourth-order valence-corrected chi connectivity index (χ4v) is 3.18. The van der Waals surface area contributed by atoms with E-state index in [9.17, 15) is 14.4 Å². The zero-order chi connectivity index (χ0) is 18.0. The Kier molecular flexibility index (Phi) is 4.44. The number of carbonyl (C=O) groups excluding carboxylic acids is 2. The monoisotopic (exact) mass is 339 g/mol. The molecule has 130 valence electrons. The molecule has 2 aromatic rings. The second-order valence-electron chi connectivity index (χ2n) is 6.38. The van der Waals surface area contributed by atoms with Gasteiger partial charge in [0.15, 0.2) is 5.54 Å². The standard InChI is InChI=1S/C19H21N3O3/c1-3-5-14-7-9-15(10-8-14)19(17(24)20-18(25)21-19)12-22-11-4-6-13(2)16(22)23/h4,6-11H,3,5,12H2,1-2H3,(H2,20,21,24,25). The van der Waals surface area contributed by atoms with Crippen LogP contribution >= 0.6 is 0 Å². The van der Waals surface area contributed by atoms with Crippen LogP contribution in [0, 0.1) is 6.92 Å². The van der Waals surface area contributed by atoms with Crippen molar-refractivity contribution < 1.29 is 9.59 Å². The molecule has 1 unspecified atom stereocenters. The van der Waals surface area contributed by atoms with Crippen LogP contribution in [0.15, 0.2) is 47.4 Å². The van der Waals surface area contributed by atoms with Gasteiger partial charge in [-0.2, -0.15) is 0 Å². The Bertz CT molecular complexity index is 870. The maximum atomic E-state index is 12.6. The molecule has 0 bridgehead atoms. The maximum Gasteiger partial charge on any atom is 0.322 e. The van der Waals surface area contributed by atoms with Gasteiger partial charge < -0.3 is 9.88 Å². The Morgan fingerprint density at radius 3 is 2.40 bits per heavy atom. The summed E-state index contributed by atoms with van der Waals surface area (Å²) in [5.74, 6) is -0.450. The van der Waals surface area contributed by atoms with Crippen molar-refractivity contribution in [2.75, 3.05) is 0 Å². The van der Waals surface area contributed by atoms with Crippen LogP contribution in [0.4, 0.5) is 4.79 Å². The highest BCUT2D eigenvalue weighted by molar-refractivity contribution is 6.07. The Hall–Kier alpha value is -2.89. The quantitative estimate of drug-likeness (QED) is 0.816. The predicted octanol–water partition coefficient (Wildman–Crippen LogP) is 1.84. The topological polar surface area (TPSA) is 80.2 Å². The van der Waals surface area contributed by atoms with Crippen LogP contribution in [0.2, 0.25) is 0 Å². The van der Waals surface area contributed by atoms with Crippen molar-refractivity contribution in [2.45, 2.75) is 38.8 Å². The molecule has 1 fully saturated rings. The van der Waals surface area contributed by atoms with Gasteiger partial charge in [-0.05, 0) is 30.5 Å². The normalized spacial score (nSPS) is 19.6. The van der Waals surface area contributed by atoms with Gasteiger partial charge in [-0.1, -0.05) is 43.7 Å². The van der Waals surface area contributed by atoms with Crippen LogP contribution in [0.25, 0.3) is 0 Å². The molecule has 2 N–H and O–H groups in total. The van der Waals surface area contributed by atoms with Crippen LogP contribution in [-0.4, -0.2) is 16.5 Å². The van der Waals surface area contributed by atoms with E-state index in [2.05, 4.69) is 17.6 Å². The van der Waals surface area contributed by atoms with Crippen LogP contribution in [0.5, 0.6) is 0 Å². The molecule has 1 saturated heterocycles. The molecule has 2 heterocycles. The van der Waals surface area contributed by atoms with Crippen LogP contribution < -0.4 is 16.2 Å². The molecule has 3 rings (SSSR count). The van der Waals surface area contributed by atoms with E-state index in [-0.39, 0.29) is 12.1 Å². The van der Waals surface area contributed by atoms with E-state index in [1.807, 2.05) is 24.3 Å². The average molecular weight is 339 g/mol. The minimum Gasteiger partial charge on any atom is -0.318 e. The molecule has 0 radical (unpaired) electrons. The third-order valence-electron chi connectivity index (χ3n) is 4.54. The number of carbonyl (C=O) groups is 2. The van der Waals surface area contributed by atoms with Gasteiger partial charge in [0.25, 0.3) is 11.5 Å². The third-order valence-corrected chi connectivity index (χ3v) is 4.54. The summed E-state index contributed by atoms with van der Waals surface area (Å²) < 4.78 is 1.46. The largest absolute Gasteiger partial charge is 0.322 e. The predicted molar refractivity (Wildman–Crippen MR) is 94.2 cm³/mol. The Morgan fingerprint density at radius 2 is 1.80 bits per heavy atom. The molecule has 0 spiro atoms. The Labute approximate surface area is 145 Å². The minimum atomic E-state index is -1.29. The number of nitrogens with one attached hydrogen (secondary N) is 2. The van der Waals surface area contributed by atoms with Crippen molar-refractivity contribution >= 4 is 11.9 Å². The minimum absolute atomic E-state index is 0.0399. The lowest BCUT2D eigenvalue weighted by molar-refractivity contribution is -0.124. The first-order chi connectivity index (χ1) is 12.0. The van der Waals surface area contributed by atoms with E-state index in [0.29, 0.717) is 11.1 Å². The van der Waals surface area contributed by atoms with Crippen molar-refractivity contribution in [3.8, 4) is 0 Å². The highest BCUT2D eigenvalue weighted by atomic mass is 16.2. The van der Waals surface area contributed by atoms with Gasteiger partial charge in [-0.3, -0.25) is 14.9 Å². The van der Waals surface area contributed by atoms with E-state index >= 15 is 0 Å². The SMILES string of the molecule is CCCc1ccc(C2(Cn3cccc(C)c3=O)NC(=O)NC2=O)cc1. The summed E-state index contributed by atoms with van der Waals surface area (Å²) in [6.07, 6.45) is 3.60. The molecule has 0 saturated carbocycles. The lowest BCUT2D eigenvalue weighted by Gasteiger charge is -2.27. The number of aryl methyl sites for hydroxylation is 2. The van der Waals surface area contributed by atoms with Gasteiger partial charge in [0.2, 0.25) is 0 Å². The molecule has 6 nitrogen and oxygen atoms in total. The summed E-state index contributed by atoms with van der Waals surface area (Å²) in [5.41, 5.74) is 0.932. The second-order valence-corrected chi connectivity index (χ2v) is 6.38. The van der Waals surface area contributed by atoms with Crippen molar-refractivity contribution in [3.63, 3.8) is 0 Å². The summed E-state index contributed by atoms with van der Waals surface area (Å²) in [6, 6.07) is 10.5. The molecular formula is C19H21N3O3. The van der Waals surface area contributed by atoms with Crippen molar-refractivity contribution in [3.05, 3.63) is 69.6 Å². The van der Waals surface area contributed by atoms with E-state index in [4.69, 9.17) is 0 Å². The first-order valence-corrected chi connectivity index (χ1v) is 8.35. The van der Waals surface area contributed by atoms with E-state index in [0.717, 1.165) is 12.8 Å². The van der Waals surface area contributed by atoms with Crippen LogP contribution in [-0.2, 0) is 23.3 Å². The summed E-state index contributed by atoms with van der Waals surface area (Å²) >= 11 is 0. The number of benzene rings is 1. The van der Waals surface area contributed by atoms with Crippen molar-refractivity contribution in [1.82, 2.24) is 15.2 Å². The molecule has 1 aromatic heterocycles. The van der Waals surface area contributed by atoms with E-state index in [1.54, 1.807) is 25.3 Å². The number of hydrogen-bond donors (Lipinski definition) is 2. The summed E-state index contributed by atoms with van der Waals surface area (Å²) in [5, 5.41) is 5.02. The number of imide groups is 1. The molecule has 25 heavy (non-hydrogen) atoms.